The Bertz CT molecular complexity index is 2900. The van der Waals surface area contributed by atoms with Gasteiger partial charge in [-0.15, -0.1) is 0 Å². The maximum absolute atomic E-state index is 14.5. The van der Waals surface area contributed by atoms with E-state index in [1.54, 1.807) is 6.92 Å². The van der Waals surface area contributed by atoms with E-state index in [0.29, 0.717) is 18.4 Å². The number of nitrogens with zero attached hydrogens (tertiary/aromatic N) is 3. The lowest BCUT2D eigenvalue weighted by Gasteiger charge is -2.27. The normalized spacial score (nSPS) is 24.3. The smallest absolute Gasteiger partial charge is 0.325 e. The number of fused-ring (bicyclic) bond motifs is 4. The number of hydrogen-bond acceptors (Lipinski definition) is 18. The minimum atomic E-state index is -1.83. The van der Waals surface area contributed by atoms with Crippen molar-refractivity contribution in [2.45, 2.75) is 89.8 Å². The second kappa shape index (κ2) is 22.4. The van der Waals surface area contributed by atoms with Gasteiger partial charge in [0, 0.05) is 18.7 Å². The lowest BCUT2D eigenvalue weighted by molar-refractivity contribution is -0.152. The average Bonchev–Trinajstić information content (AvgIpc) is 4.08. The Balaban J connectivity index is 1.22. The van der Waals surface area contributed by atoms with E-state index in [0.717, 1.165) is 0 Å². The fourth-order valence-electron chi connectivity index (χ4n) is 8.93. The summed E-state index contributed by atoms with van der Waals surface area (Å²) >= 11 is 0. The molecule has 5 heterocycles. The molecular weight excluding hydrogens is 977 g/mol. The molecule has 1 aromatic rings. The van der Waals surface area contributed by atoms with E-state index >= 15 is 0 Å². The number of nitrogen functional groups attached to an aromatic ring is 1. The predicted octanol–water partition coefficient (Wildman–Crippen LogP) is -4.74. The number of aromatic nitrogens is 1. The van der Waals surface area contributed by atoms with Crippen molar-refractivity contribution in [1.82, 2.24) is 57.3 Å². The Morgan fingerprint density at radius 1 is 0.635 bits per heavy atom. The number of rotatable bonds is 4. The molecule has 10 amide bonds. The summed E-state index contributed by atoms with van der Waals surface area (Å²) < 4.78 is 17.0. The van der Waals surface area contributed by atoms with Gasteiger partial charge in [-0.2, -0.15) is 0 Å². The molecule has 74 heavy (non-hydrogen) atoms. The number of ether oxygens (including phenoxy) is 2. The maximum Gasteiger partial charge on any atom is 0.325 e. The van der Waals surface area contributed by atoms with Crippen molar-refractivity contribution in [2.75, 3.05) is 58.1 Å². The first kappa shape index (κ1) is 53.1. The molecule has 4 fully saturated rings. The van der Waals surface area contributed by atoms with E-state index in [4.69, 9.17) is 19.6 Å². The van der Waals surface area contributed by atoms with Gasteiger partial charge >= 0.3 is 11.9 Å². The van der Waals surface area contributed by atoms with Gasteiger partial charge in [0.1, 0.15) is 60.7 Å². The lowest BCUT2D eigenvalue weighted by Crippen LogP contribution is -2.56. The standard InChI is InChI=1S/C46H54N12O16/c1-19-9-10-23(41(66)55-34-21(3)72-30(63)17-48-26(59)13-50-42(67)24-7-5-11-57(24)28(61)15-52-45(34)70)36-39(19)74-40-20(2)38(65)33(47)32(37(40)54-36)44(69)56-35-22(4)73-31(64)18-49-27(60)14-51-43(68)25-8-6-12-58(25)29(62)16-53-46(35)71/h9-10,21-22,24-25,34-35H,5-8,11-18,47H2,1-4H3,(H,48,59)(H,49,60)(H,50,67)(H,51,68)(H,52,70)(H,53,71)(H,55,66)(H,56,69)/t21-,22-,24+,25+,34-,35-/m1/s1. The molecule has 28 nitrogen and oxygen atoms in total. The van der Waals surface area contributed by atoms with Gasteiger partial charge in [-0.25, -0.2) is 4.98 Å². The van der Waals surface area contributed by atoms with E-state index in [9.17, 15) is 62.3 Å². The molecular formula is C46H54N12O16. The summed E-state index contributed by atoms with van der Waals surface area (Å²) in [5.74, 6) is -10.8. The zero-order chi connectivity index (χ0) is 53.7. The maximum atomic E-state index is 14.5. The van der Waals surface area contributed by atoms with Crippen molar-refractivity contribution < 1.29 is 71.4 Å². The summed E-state index contributed by atoms with van der Waals surface area (Å²) in [5.41, 5.74) is 3.31. The number of benzene rings is 2. The second-order valence-corrected chi connectivity index (χ2v) is 17.9. The third-order valence-corrected chi connectivity index (χ3v) is 12.9. The molecule has 0 saturated carbocycles. The van der Waals surface area contributed by atoms with Crippen LogP contribution < -0.4 is 53.7 Å². The molecule has 1 aromatic carbocycles. The summed E-state index contributed by atoms with van der Waals surface area (Å²) in [7, 11) is 0. The fraction of sp³-hybridized carbons (Fsp3) is 0.478. The van der Waals surface area contributed by atoms with Crippen LogP contribution >= 0.6 is 0 Å². The van der Waals surface area contributed by atoms with Gasteiger partial charge in [0.25, 0.3) is 11.8 Å². The van der Waals surface area contributed by atoms with Crippen LogP contribution in [-0.2, 0) is 57.4 Å². The summed E-state index contributed by atoms with van der Waals surface area (Å²) in [4.78, 5) is 181. The molecule has 0 spiro atoms. The van der Waals surface area contributed by atoms with Crippen LogP contribution in [0.5, 0.6) is 0 Å². The predicted molar refractivity (Wildman–Crippen MR) is 252 cm³/mol. The van der Waals surface area contributed by atoms with Crippen molar-refractivity contribution >= 4 is 87.8 Å². The van der Waals surface area contributed by atoms with Gasteiger partial charge in [-0.3, -0.25) is 62.3 Å². The minimum absolute atomic E-state index is 0.0804. The number of nitrogens with one attached hydrogen (secondary N) is 8. The average molecular weight is 1030 g/mol. The molecule has 6 atom stereocenters. The minimum Gasteiger partial charge on any atom is -0.459 e. The number of amides is 10. The highest BCUT2D eigenvalue weighted by atomic mass is 16.5. The number of cyclic esters (lactones) is 2. The number of nitrogens with two attached hydrogens (primary N) is 1. The molecule has 1 aliphatic carbocycles. The highest BCUT2D eigenvalue weighted by Gasteiger charge is 2.39. The molecule has 0 unspecified atom stereocenters. The highest BCUT2D eigenvalue weighted by molar-refractivity contribution is 6.10. The summed E-state index contributed by atoms with van der Waals surface area (Å²) in [5, 5.41) is 19.1. The Labute approximate surface area is 419 Å². The van der Waals surface area contributed by atoms with Crippen LogP contribution in [0.2, 0.25) is 0 Å². The molecule has 394 valence electrons. The first-order valence-corrected chi connectivity index (χ1v) is 23.5. The van der Waals surface area contributed by atoms with Crippen LogP contribution in [0.3, 0.4) is 0 Å². The van der Waals surface area contributed by atoms with Crippen molar-refractivity contribution in [1.29, 1.82) is 0 Å². The third-order valence-electron chi connectivity index (χ3n) is 12.9. The SMILES string of the molecule is Cc1c2oc3c(C)ccc(C(=O)N[C@H]4C(=O)NCC(=O)N5CCC[C@H]5C(=O)NCC(=O)NCC(=O)O[C@@H]4C)c3nc-2c(C(=O)N[C@H]2C(=O)NCC(=O)N3CCC[C@H]3C(=O)NCC(=O)NCC(=O)O[C@@H]2C)c(N)c1=O. The molecule has 10 N–H and O–H groups in total. The van der Waals surface area contributed by atoms with E-state index in [2.05, 4.69) is 47.5 Å². The summed E-state index contributed by atoms with van der Waals surface area (Å²) in [6.45, 7) is 2.02. The first-order valence-electron chi connectivity index (χ1n) is 23.5. The van der Waals surface area contributed by atoms with Crippen LogP contribution in [0.25, 0.3) is 22.6 Å². The van der Waals surface area contributed by atoms with E-state index in [-0.39, 0.29) is 53.9 Å². The number of aryl methyl sites for hydroxylation is 1. The topological polar surface area (TPSA) is 395 Å². The zero-order valence-corrected chi connectivity index (χ0v) is 40.6. The van der Waals surface area contributed by atoms with Crippen molar-refractivity contribution in [3.63, 3.8) is 0 Å². The van der Waals surface area contributed by atoms with Gasteiger partial charge in [-0.1, -0.05) is 6.07 Å². The van der Waals surface area contributed by atoms with E-state index in [1.165, 1.54) is 42.7 Å². The Hall–Kier alpha value is -8.72. The van der Waals surface area contributed by atoms with Crippen LogP contribution in [0.15, 0.2) is 21.3 Å². The van der Waals surface area contributed by atoms with Crippen molar-refractivity contribution in [3.05, 3.63) is 44.6 Å². The largest absolute Gasteiger partial charge is 0.459 e. The lowest BCUT2D eigenvalue weighted by atomic mass is 9.99. The summed E-state index contributed by atoms with van der Waals surface area (Å²) in [6.07, 6.45) is -1.52. The number of anilines is 1. The van der Waals surface area contributed by atoms with Gasteiger partial charge in [0.05, 0.1) is 43.0 Å². The zero-order valence-electron chi connectivity index (χ0n) is 40.6. The Morgan fingerprint density at radius 3 is 1.61 bits per heavy atom. The van der Waals surface area contributed by atoms with Gasteiger partial charge in [-0.05, 0) is 65.0 Å². The van der Waals surface area contributed by atoms with Gasteiger partial charge < -0.3 is 72.0 Å². The number of hydrogen-bond donors (Lipinski definition) is 9. The van der Waals surface area contributed by atoms with Gasteiger partial charge in [0.2, 0.25) is 52.7 Å². The molecule has 7 rings (SSSR count). The highest BCUT2D eigenvalue weighted by Crippen LogP contribution is 2.35. The molecule has 0 bridgehead atoms. The molecule has 5 aliphatic heterocycles. The van der Waals surface area contributed by atoms with E-state index < -0.39 is 169 Å². The molecule has 0 radical (unpaired) electrons. The summed E-state index contributed by atoms with van der Waals surface area (Å²) in [6, 6.07) is -2.70. The quantitative estimate of drug-likeness (QED) is 0.0673. The fourth-order valence-corrected chi connectivity index (χ4v) is 8.93. The van der Waals surface area contributed by atoms with E-state index in [1.807, 2.05) is 0 Å². The third kappa shape index (κ3) is 11.5. The van der Waals surface area contributed by atoms with Crippen LogP contribution in [-0.4, -0.2) is 175 Å². The van der Waals surface area contributed by atoms with Gasteiger partial charge in [0.15, 0.2) is 11.3 Å². The Kier molecular flexibility index (Phi) is 16.0. The molecule has 0 aromatic heterocycles. The monoisotopic (exact) mass is 1030 g/mol. The number of carbonyl (C=O) groups is 12. The van der Waals surface area contributed by atoms with Crippen molar-refractivity contribution in [2.24, 2.45) is 0 Å². The number of carbonyl (C=O) groups excluding carboxylic acids is 12. The number of esters is 2. The van der Waals surface area contributed by atoms with Crippen molar-refractivity contribution in [3.8, 4) is 11.5 Å². The van der Waals surface area contributed by atoms with Crippen LogP contribution in [0.4, 0.5) is 5.69 Å². The Morgan fingerprint density at radius 2 is 1.11 bits per heavy atom. The first-order chi connectivity index (χ1) is 35.1. The molecule has 28 heteroatoms. The second-order valence-electron chi connectivity index (χ2n) is 17.9. The van der Waals surface area contributed by atoms with Crippen LogP contribution in [0.1, 0.15) is 71.4 Å². The molecule has 4 saturated heterocycles. The van der Waals surface area contributed by atoms with Crippen LogP contribution in [0, 0.1) is 13.8 Å². The molecule has 6 aliphatic rings.